The van der Waals surface area contributed by atoms with Crippen LogP contribution in [0.15, 0.2) is 60.7 Å². The van der Waals surface area contributed by atoms with Crippen LogP contribution in [0.4, 0.5) is 9.59 Å². The minimum absolute atomic E-state index is 0.00934. The van der Waals surface area contributed by atoms with Gasteiger partial charge in [0.2, 0.25) is 0 Å². The third kappa shape index (κ3) is 14.6. The summed E-state index contributed by atoms with van der Waals surface area (Å²) in [5, 5.41) is 35.0. The molecule has 2 amide bonds. The van der Waals surface area contributed by atoms with E-state index in [9.17, 15) is 29.4 Å². The normalized spacial score (nSPS) is 20.0. The van der Waals surface area contributed by atoms with Crippen molar-refractivity contribution in [3.8, 4) is 0 Å². The second kappa shape index (κ2) is 19.9. The number of ether oxygens (including phenoxy) is 3. The van der Waals surface area contributed by atoms with Crippen LogP contribution in [0.2, 0.25) is 0 Å². The number of amides is 2. The number of methoxy groups -OCH3 is 1. The van der Waals surface area contributed by atoms with Crippen LogP contribution in [-0.4, -0.2) is 123 Å². The van der Waals surface area contributed by atoms with Crippen molar-refractivity contribution in [2.24, 2.45) is 0 Å². The minimum Gasteiger partial charge on any atom is -0.480 e. The molecule has 6 N–H and O–H groups in total. The quantitative estimate of drug-likeness (QED) is 0.140. The molecule has 2 heterocycles. The summed E-state index contributed by atoms with van der Waals surface area (Å²) < 4.78 is 46.4. The molecule has 2 aromatic rings. The molecule has 0 spiro atoms. The lowest BCUT2D eigenvalue weighted by atomic mass is 10.2. The zero-order chi connectivity index (χ0) is 34.9. The molecule has 0 bridgehead atoms. The van der Waals surface area contributed by atoms with Crippen LogP contribution in [0.5, 0.6) is 0 Å². The van der Waals surface area contributed by atoms with E-state index >= 15 is 0 Å². The fourth-order valence-electron chi connectivity index (χ4n) is 4.23. The zero-order valence-electron chi connectivity index (χ0n) is 25.0. The van der Waals surface area contributed by atoms with Gasteiger partial charge < -0.3 is 34.6 Å². The Hall–Kier alpha value is -4.33. The number of aliphatic carboxylic acids is 1. The highest BCUT2D eigenvalue weighted by Crippen LogP contribution is 2.21. The van der Waals surface area contributed by atoms with E-state index in [1.54, 1.807) is 12.1 Å². The van der Waals surface area contributed by atoms with Gasteiger partial charge >= 0.3 is 34.5 Å². The van der Waals surface area contributed by atoms with Crippen molar-refractivity contribution in [1.29, 1.82) is 0 Å². The summed E-state index contributed by atoms with van der Waals surface area (Å²) >= 11 is 0. The van der Waals surface area contributed by atoms with Gasteiger partial charge in [-0.15, -0.1) is 0 Å². The molecule has 2 saturated heterocycles. The monoisotopic (exact) mass is 674 g/mol. The number of benzene rings is 2. The lowest BCUT2D eigenvalue weighted by Crippen LogP contribution is -2.41. The highest BCUT2D eigenvalue weighted by atomic mass is 32.3. The number of carbonyl (C=O) groups is 4. The number of nitrogens with zero attached hydrogens (tertiary/aromatic N) is 2. The number of hydrogen-bond donors (Lipinski definition) is 6. The lowest BCUT2D eigenvalue weighted by molar-refractivity contribution is -0.145. The average molecular weight is 675 g/mol. The third-order valence-corrected chi connectivity index (χ3v) is 6.20. The second-order valence-corrected chi connectivity index (χ2v) is 10.4. The number of rotatable bonds is 6. The summed E-state index contributed by atoms with van der Waals surface area (Å²) in [6.07, 6.45) is -2.68. The van der Waals surface area contributed by atoms with Crippen LogP contribution in [0.3, 0.4) is 0 Å². The molecule has 2 aliphatic rings. The Bertz CT molecular complexity index is 1340. The molecule has 2 fully saturated rings. The Labute approximate surface area is 265 Å². The van der Waals surface area contributed by atoms with Crippen LogP contribution < -0.4 is 0 Å². The van der Waals surface area contributed by atoms with Crippen LogP contribution in [-0.2, 0) is 47.4 Å². The van der Waals surface area contributed by atoms with Gasteiger partial charge in [-0.3, -0.25) is 18.9 Å². The molecule has 0 aromatic heterocycles. The maximum atomic E-state index is 12.0. The topological polar surface area (TPSA) is 258 Å². The van der Waals surface area contributed by atoms with Gasteiger partial charge in [-0.05, 0) is 11.1 Å². The molecule has 4 atom stereocenters. The van der Waals surface area contributed by atoms with Gasteiger partial charge in [-0.2, -0.15) is 8.42 Å². The standard InChI is InChI=1S/C14H17NO5.C13H15NO5.CH4O.H2O4S/c1-19-13(17)12-7-11(16)8-15(12)14(18)20-9-10-5-3-2-4-6-10;15-10-6-11(12(16)17)14(7-10)13(18)19-8-9-4-2-1-3-5-9;1-2;1-5(2,3)4/h2-6,11-12,16H,7-9H2,1H3;1-5,10-11,15H,6-8H2,(H,16,17);2H,1H3;(H2,1,2,3,4)/t11-,12+;10-,11+;;/m11../s1. The summed E-state index contributed by atoms with van der Waals surface area (Å²) in [4.78, 5) is 48.6. The molecular weight excluding hydrogens is 636 g/mol. The number of carboxylic acid groups (broad SMARTS) is 1. The van der Waals surface area contributed by atoms with Crippen molar-refractivity contribution in [3.05, 3.63) is 71.8 Å². The number of hydrogen-bond acceptors (Lipinski definition) is 12. The molecule has 2 aromatic carbocycles. The summed E-state index contributed by atoms with van der Waals surface area (Å²) in [6.45, 7) is 0.275. The smallest absolute Gasteiger partial charge is 0.410 e. The van der Waals surface area contributed by atoms with E-state index in [2.05, 4.69) is 4.74 Å². The van der Waals surface area contributed by atoms with Gasteiger partial charge in [0.1, 0.15) is 25.3 Å². The van der Waals surface area contributed by atoms with Gasteiger partial charge in [0.15, 0.2) is 0 Å². The highest BCUT2D eigenvalue weighted by molar-refractivity contribution is 7.79. The molecule has 4 rings (SSSR count). The minimum atomic E-state index is -4.67. The Morgan fingerprint density at radius 1 is 0.739 bits per heavy atom. The maximum Gasteiger partial charge on any atom is 0.410 e. The average Bonchev–Trinajstić information content (AvgIpc) is 3.62. The number of likely N-dealkylation sites (tertiary alicyclic amines) is 2. The van der Waals surface area contributed by atoms with Gasteiger partial charge in [0.05, 0.1) is 32.4 Å². The number of carboxylic acids is 1. The summed E-state index contributed by atoms with van der Waals surface area (Å²) in [7, 11) is -2.42. The Balaban J connectivity index is 0.000000384. The van der Waals surface area contributed by atoms with E-state index in [-0.39, 0.29) is 39.1 Å². The highest BCUT2D eigenvalue weighted by Gasteiger charge is 2.41. The second-order valence-electron chi connectivity index (χ2n) is 9.50. The van der Waals surface area contributed by atoms with Crippen molar-refractivity contribution >= 4 is 34.5 Å². The number of carbonyl (C=O) groups excluding carboxylic acids is 3. The molecule has 0 saturated carbocycles. The Morgan fingerprint density at radius 3 is 1.43 bits per heavy atom. The predicted molar refractivity (Wildman–Crippen MR) is 157 cm³/mol. The molecule has 0 aliphatic carbocycles. The molecule has 18 heteroatoms. The summed E-state index contributed by atoms with van der Waals surface area (Å²) in [5.74, 6) is -1.67. The number of aliphatic hydroxyl groups excluding tert-OH is 3. The van der Waals surface area contributed by atoms with E-state index in [0.29, 0.717) is 0 Å². The number of β-amino-alcohol motifs (C(OH)–C–C–N with tert-alkyl or cyclic N) is 2. The Morgan fingerprint density at radius 2 is 1.09 bits per heavy atom. The molecule has 0 unspecified atom stereocenters. The molecule has 0 radical (unpaired) electrons. The van der Waals surface area contributed by atoms with E-state index in [4.69, 9.17) is 37.2 Å². The lowest BCUT2D eigenvalue weighted by Gasteiger charge is -2.21. The molecule has 2 aliphatic heterocycles. The van der Waals surface area contributed by atoms with E-state index in [1.165, 1.54) is 12.0 Å². The predicted octanol–water partition coefficient (Wildman–Crippen LogP) is 0.730. The first kappa shape index (κ1) is 39.7. The fourth-order valence-corrected chi connectivity index (χ4v) is 4.23. The van der Waals surface area contributed by atoms with Crippen LogP contribution in [0.1, 0.15) is 24.0 Å². The van der Waals surface area contributed by atoms with Crippen molar-refractivity contribution < 1.29 is 71.3 Å². The number of aliphatic hydroxyl groups is 3. The number of esters is 1. The maximum absolute atomic E-state index is 12.0. The van der Waals surface area contributed by atoms with E-state index in [1.807, 2.05) is 48.5 Å². The van der Waals surface area contributed by atoms with E-state index < -0.39 is 58.8 Å². The largest absolute Gasteiger partial charge is 0.480 e. The van der Waals surface area contributed by atoms with Gasteiger partial charge in [-0.1, -0.05) is 60.7 Å². The molecule has 46 heavy (non-hydrogen) atoms. The fraction of sp³-hybridized carbons (Fsp3) is 0.429. The third-order valence-electron chi connectivity index (χ3n) is 6.20. The Kier molecular flexibility index (Phi) is 17.2. The van der Waals surface area contributed by atoms with Crippen molar-refractivity contribution in [2.75, 3.05) is 27.3 Å². The molecular formula is C28H38N2O15S. The first-order valence-electron chi connectivity index (χ1n) is 13.5. The van der Waals surface area contributed by atoms with Crippen molar-refractivity contribution in [1.82, 2.24) is 9.80 Å². The SMILES string of the molecule is CO.COC(=O)[C@@H]1C[C@@H](O)CN1C(=O)OCc1ccccc1.O=C(O)[C@@H]1C[C@@H](O)CN1C(=O)OCc1ccccc1.O=S(=O)(O)O. The van der Waals surface area contributed by atoms with Gasteiger partial charge in [0, 0.05) is 20.0 Å². The zero-order valence-corrected chi connectivity index (χ0v) is 25.8. The first-order chi connectivity index (χ1) is 21.7. The summed E-state index contributed by atoms with van der Waals surface area (Å²) in [5.41, 5.74) is 1.68. The van der Waals surface area contributed by atoms with Crippen molar-refractivity contribution in [3.63, 3.8) is 0 Å². The molecule has 256 valence electrons. The molecule has 17 nitrogen and oxygen atoms in total. The van der Waals surface area contributed by atoms with Gasteiger partial charge in [-0.25, -0.2) is 19.2 Å². The van der Waals surface area contributed by atoms with Crippen molar-refractivity contribution in [2.45, 2.75) is 50.3 Å². The van der Waals surface area contributed by atoms with Crippen LogP contribution in [0.25, 0.3) is 0 Å². The first-order valence-corrected chi connectivity index (χ1v) is 14.8. The van der Waals surface area contributed by atoms with Gasteiger partial charge in [0.25, 0.3) is 0 Å². The van der Waals surface area contributed by atoms with Crippen LogP contribution in [0, 0.1) is 0 Å². The van der Waals surface area contributed by atoms with Crippen LogP contribution >= 0.6 is 0 Å². The van der Waals surface area contributed by atoms with E-state index in [0.717, 1.165) is 23.1 Å². The summed E-state index contributed by atoms with van der Waals surface area (Å²) in [6, 6.07) is 16.6.